The first-order valence-electron chi connectivity index (χ1n) is 8.59. The highest BCUT2D eigenvalue weighted by Gasteiger charge is 2.46. The molecule has 1 heterocycles. The summed E-state index contributed by atoms with van der Waals surface area (Å²) >= 11 is -0.485. The third-order valence-corrected chi connectivity index (χ3v) is 6.72. The molecule has 0 bridgehead atoms. The minimum Gasteiger partial charge on any atom is -0.466 e. The maximum absolute atomic E-state index is 12.6. The summed E-state index contributed by atoms with van der Waals surface area (Å²) in [6, 6.07) is 16.1. The lowest BCUT2D eigenvalue weighted by molar-refractivity contribution is -0.138. The van der Waals surface area contributed by atoms with Crippen LogP contribution < -0.4 is 4.31 Å². The van der Waals surface area contributed by atoms with Crippen LogP contribution in [0.5, 0.6) is 0 Å². The molecule has 27 heavy (non-hydrogen) atoms. The first kappa shape index (κ1) is 19.0. The molecule has 0 aliphatic carbocycles. The molecule has 0 N–H and O–H groups in total. The zero-order chi connectivity index (χ0) is 19.6. The Morgan fingerprint density at radius 2 is 1.59 bits per heavy atom. The molecule has 3 rings (SSSR count). The maximum Gasteiger partial charge on any atom is 0.359 e. The monoisotopic (exact) mass is 384 g/mol. The number of benzene rings is 2. The zero-order valence-electron chi connectivity index (χ0n) is 15.8. The Labute approximate surface area is 162 Å². The Kier molecular flexibility index (Phi) is 5.56. The van der Waals surface area contributed by atoms with Gasteiger partial charge in [-0.05, 0) is 32.0 Å². The van der Waals surface area contributed by atoms with Crippen LogP contribution >= 0.6 is 0 Å². The summed E-state index contributed by atoms with van der Waals surface area (Å²) in [6.07, 6.45) is 1.21. The molecule has 0 amide bonds. The third-order valence-electron chi connectivity index (χ3n) is 4.24. The number of nitrogens with zero attached hydrogens (tertiary/aromatic N) is 1. The van der Waals surface area contributed by atoms with Crippen molar-refractivity contribution in [3.63, 3.8) is 0 Å². The van der Waals surface area contributed by atoms with Gasteiger partial charge in [0.1, 0.15) is 16.3 Å². The second kappa shape index (κ2) is 7.88. The van der Waals surface area contributed by atoms with E-state index >= 15 is 0 Å². The Bertz CT molecular complexity index is 907. The van der Waals surface area contributed by atoms with Crippen LogP contribution in [0.25, 0.3) is 11.1 Å². The lowest BCUT2D eigenvalue weighted by Gasteiger charge is -2.32. The SMILES string of the molecule is COC(=O)C=C(C(=O)OC)N1c2ccccc2-c2ccccc2[S+]1C(C)C. The summed E-state index contributed by atoms with van der Waals surface area (Å²) < 4.78 is 11.7. The average molecular weight is 384 g/mol. The van der Waals surface area contributed by atoms with Crippen LogP contribution in [-0.2, 0) is 30.1 Å². The molecular formula is C21H22NO4S+. The van der Waals surface area contributed by atoms with Crippen molar-refractivity contribution in [1.29, 1.82) is 0 Å². The number of esters is 2. The molecule has 0 saturated carbocycles. The first-order valence-corrected chi connectivity index (χ1v) is 9.83. The van der Waals surface area contributed by atoms with Crippen LogP contribution in [0.4, 0.5) is 5.69 Å². The average Bonchev–Trinajstić information content (AvgIpc) is 2.70. The molecule has 5 nitrogen and oxygen atoms in total. The minimum atomic E-state index is -0.598. The van der Waals surface area contributed by atoms with Gasteiger partial charge in [0.15, 0.2) is 10.6 Å². The van der Waals surface area contributed by atoms with Crippen LogP contribution in [0.1, 0.15) is 13.8 Å². The smallest absolute Gasteiger partial charge is 0.359 e. The Balaban J connectivity index is 2.30. The molecule has 0 radical (unpaired) electrons. The maximum atomic E-state index is 12.6. The highest BCUT2D eigenvalue weighted by atomic mass is 32.2. The second-order valence-electron chi connectivity index (χ2n) is 6.22. The molecule has 0 spiro atoms. The summed E-state index contributed by atoms with van der Waals surface area (Å²) in [4.78, 5) is 25.7. The number of methoxy groups -OCH3 is 2. The van der Waals surface area contributed by atoms with Crippen LogP contribution in [0.2, 0.25) is 0 Å². The molecule has 0 aromatic heterocycles. The van der Waals surface area contributed by atoms with Gasteiger partial charge in [-0.3, -0.25) is 0 Å². The van der Waals surface area contributed by atoms with Gasteiger partial charge in [-0.1, -0.05) is 30.3 Å². The lowest BCUT2D eigenvalue weighted by Crippen LogP contribution is -2.41. The normalized spacial score (nSPS) is 15.8. The quantitative estimate of drug-likeness (QED) is 0.457. The van der Waals surface area contributed by atoms with E-state index in [1.807, 2.05) is 40.7 Å². The molecule has 2 aromatic rings. The van der Waals surface area contributed by atoms with Gasteiger partial charge >= 0.3 is 11.9 Å². The van der Waals surface area contributed by atoms with Crippen LogP contribution in [0.15, 0.2) is 65.2 Å². The lowest BCUT2D eigenvalue weighted by atomic mass is 10.0. The molecule has 0 saturated heterocycles. The topological polar surface area (TPSA) is 55.8 Å². The van der Waals surface area contributed by atoms with Crippen molar-refractivity contribution in [3.05, 3.63) is 60.3 Å². The second-order valence-corrected chi connectivity index (χ2v) is 8.59. The molecule has 1 aliphatic heterocycles. The van der Waals surface area contributed by atoms with E-state index in [0.29, 0.717) is 0 Å². The van der Waals surface area contributed by atoms with Crippen LogP contribution in [0, 0.1) is 0 Å². The van der Waals surface area contributed by atoms with Crippen molar-refractivity contribution in [1.82, 2.24) is 0 Å². The number of para-hydroxylation sites is 1. The fourth-order valence-electron chi connectivity index (χ4n) is 3.13. The zero-order valence-corrected chi connectivity index (χ0v) is 16.6. The number of carbonyl (C=O) groups is 2. The van der Waals surface area contributed by atoms with Crippen molar-refractivity contribution in [2.45, 2.75) is 24.0 Å². The highest BCUT2D eigenvalue weighted by molar-refractivity contribution is 7.99. The van der Waals surface area contributed by atoms with Gasteiger partial charge in [-0.15, -0.1) is 4.31 Å². The van der Waals surface area contributed by atoms with Gasteiger partial charge in [0.2, 0.25) is 0 Å². The molecule has 2 aromatic carbocycles. The largest absolute Gasteiger partial charge is 0.466 e. The van der Waals surface area contributed by atoms with Crippen molar-refractivity contribution in [2.24, 2.45) is 0 Å². The van der Waals surface area contributed by atoms with E-state index in [1.165, 1.54) is 20.3 Å². The first-order chi connectivity index (χ1) is 13.0. The standard InChI is InChI=1S/C21H22NO4S/c1-14(2)27-19-12-8-6-10-16(19)15-9-5-7-11-17(15)22(27)18(21(24)26-4)13-20(23)25-3/h5-14H,1-4H3/q+1. The Morgan fingerprint density at radius 1 is 0.963 bits per heavy atom. The van der Waals surface area contributed by atoms with Gasteiger partial charge in [0.05, 0.1) is 26.0 Å². The van der Waals surface area contributed by atoms with Gasteiger partial charge < -0.3 is 9.47 Å². The Morgan fingerprint density at radius 3 is 2.22 bits per heavy atom. The number of carbonyl (C=O) groups excluding carboxylic acids is 2. The van der Waals surface area contributed by atoms with E-state index in [2.05, 4.69) is 26.0 Å². The summed E-state index contributed by atoms with van der Waals surface area (Å²) in [5.41, 5.74) is 3.19. The molecule has 1 unspecified atom stereocenters. The number of hydrogen-bond donors (Lipinski definition) is 0. The predicted molar refractivity (Wildman–Crippen MR) is 107 cm³/mol. The molecule has 0 fully saturated rings. The number of rotatable bonds is 4. The fourth-order valence-corrected chi connectivity index (χ4v) is 5.59. The third kappa shape index (κ3) is 3.45. The van der Waals surface area contributed by atoms with Crippen molar-refractivity contribution < 1.29 is 19.1 Å². The van der Waals surface area contributed by atoms with Gasteiger partial charge in [-0.25, -0.2) is 9.59 Å². The summed E-state index contributed by atoms with van der Waals surface area (Å²) in [5, 5.41) is 0.199. The van der Waals surface area contributed by atoms with E-state index < -0.39 is 23.0 Å². The molecule has 6 heteroatoms. The molecule has 140 valence electrons. The minimum absolute atomic E-state index is 0.170. The highest BCUT2D eigenvalue weighted by Crippen LogP contribution is 2.46. The number of fused-ring (bicyclic) bond motifs is 3. The molecule has 1 aliphatic rings. The van der Waals surface area contributed by atoms with Crippen LogP contribution in [-0.4, -0.2) is 31.4 Å². The number of anilines is 1. The van der Waals surface area contributed by atoms with Gasteiger partial charge in [0.25, 0.3) is 0 Å². The van der Waals surface area contributed by atoms with E-state index in [1.54, 1.807) is 0 Å². The summed E-state index contributed by atoms with van der Waals surface area (Å²) in [7, 11) is 2.60. The number of hydrogen-bond acceptors (Lipinski definition) is 5. The predicted octanol–water partition coefficient (Wildman–Crippen LogP) is 3.70. The molecule has 1 atom stereocenters. The Hall–Kier alpha value is -2.73. The van der Waals surface area contributed by atoms with E-state index in [0.717, 1.165) is 21.7 Å². The van der Waals surface area contributed by atoms with Crippen molar-refractivity contribution in [3.8, 4) is 11.1 Å². The number of ether oxygens (including phenoxy) is 2. The van der Waals surface area contributed by atoms with E-state index in [-0.39, 0.29) is 10.9 Å². The van der Waals surface area contributed by atoms with E-state index in [9.17, 15) is 9.59 Å². The summed E-state index contributed by atoms with van der Waals surface area (Å²) in [6.45, 7) is 4.21. The fraction of sp³-hybridized carbons (Fsp3) is 0.238. The van der Waals surface area contributed by atoms with Gasteiger partial charge in [-0.2, -0.15) is 0 Å². The summed E-state index contributed by atoms with van der Waals surface area (Å²) in [5.74, 6) is -1.17. The van der Waals surface area contributed by atoms with E-state index in [4.69, 9.17) is 9.47 Å². The van der Waals surface area contributed by atoms with Crippen LogP contribution in [0.3, 0.4) is 0 Å². The van der Waals surface area contributed by atoms with Crippen molar-refractivity contribution in [2.75, 3.05) is 18.5 Å². The van der Waals surface area contributed by atoms with Gasteiger partial charge in [0, 0.05) is 11.1 Å². The van der Waals surface area contributed by atoms with Crippen molar-refractivity contribution >= 4 is 28.7 Å². The molecular weight excluding hydrogens is 362 g/mol.